The van der Waals surface area contributed by atoms with E-state index in [4.69, 9.17) is 4.98 Å². The Morgan fingerprint density at radius 2 is 1.86 bits per heavy atom. The fourth-order valence-electron chi connectivity index (χ4n) is 5.17. The van der Waals surface area contributed by atoms with Crippen molar-refractivity contribution >= 4 is 33.8 Å². The SMILES string of the molecule is C[C@H](O)C(=O)N1CCN(c2cccc3ccc(-c4nnc5c6c(cnn45)N(C)CCC6)nc23)CC1. The molecule has 1 fully saturated rings. The number of pyridine rings is 1. The Morgan fingerprint density at radius 3 is 2.66 bits per heavy atom. The molecule has 5 heterocycles. The van der Waals surface area contributed by atoms with Gasteiger partial charge in [0.1, 0.15) is 11.8 Å². The van der Waals surface area contributed by atoms with Gasteiger partial charge >= 0.3 is 0 Å². The van der Waals surface area contributed by atoms with E-state index in [2.05, 4.69) is 50.3 Å². The monoisotopic (exact) mass is 472 g/mol. The number of carbonyl (C=O) groups is 1. The second-order valence-corrected chi connectivity index (χ2v) is 9.33. The van der Waals surface area contributed by atoms with Crippen molar-refractivity contribution in [2.75, 3.05) is 49.6 Å². The van der Waals surface area contributed by atoms with Gasteiger partial charge in [-0.15, -0.1) is 10.2 Å². The summed E-state index contributed by atoms with van der Waals surface area (Å²) < 4.78 is 1.80. The third-order valence-corrected chi connectivity index (χ3v) is 7.06. The van der Waals surface area contributed by atoms with Crippen LogP contribution >= 0.6 is 0 Å². The van der Waals surface area contributed by atoms with Gasteiger partial charge in [0.15, 0.2) is 5.65 Å². The first-order chi connectivity index (χ1) is 17.0. The van der Waals surface area contributed by atoms with E-state index < -0.39 is 6.10 Å². The molecule has 35 heavy (non-hydrogen) atoms. The topological polar surface area (TPSA) is 103 Å². The van der Waals surface area contributed by atoms with Crippen LogP contribution in [0.4, 0.5) is 11.4 Å². The molecule has 10 heteroatoms. The summed E-state index contributed by atoms with van der Waals surface area (Å²) >= 11 is 0. The van der Waals surface area contributed by atoms with Crippen molar-refractivity contribution in [2.24, 2.45) is 0 Å². The molecule has 6 rings (SSSR count). The predicted octanol–water partition coefficient (Wildman–Crippen LogP) is 1.75. The summed E-state index contributed by atoms with van der Waals surface area (Å²) in [5.41, 5.74) is 5.71. The van der Waals surface area contributed by atoms with Crippen molar-refractivity contribution in [3.8, 4) is 11.5 Å². The Hall–Kier alpha value is -3.79. The van der Waals surface area contributed by atoms with Crippen molar-refractivity contribution < 1.29 is 9.90 Å². The van der Waals surface area contributed by atoms with Crippen molar-refractivity contribution in [1.82, 2.24) is 29.7 Å². The molecule has 0 unspecified atom stereocenters. The molecule has 1 atom stereocenters. The Morgan fingerprint density at radius 1 is 1.03 bits per heavy atom. The van der Waals surface area contributed by atoms with E-state index in [0.717, 1.165) is 53.0 Å². The molecular formula is C25H28N8O2. The Kier molecular flexibility index (Phi) is 5.25. The van der Waals surface area contributed by atoms with Crippen LogP contribution in [0.1, 0.15) is 18.9 Å². The summed E-state index contributed by atoms with van der Waals surface area (Å²) in [5.74, 6) is 0.405. The van der Waals surface area contributed by atoms with E-state index in [1.165, 1.54) is 12.5 Å². The van der Waals surface area contributed by atoms with E-state index in [-0.39, 0.29) is 5.91 Å². The number of hydrogen-bond acceptors (Lipinski definition) is 8. The number of nitrogens with zero attached hydrogens (tertiary/aromatic N) is 8. The first kappa shape index (κ1) is 21.7. The third-order valence-electron chi connectivity index (χ3n) is 7.06. The maximum atomic E-state index is 12.2. The van der Waals surface area contributed by atoms with Crippen LogP contribution in [0.25, 0.3) is 28.1 Å². The van der Waals surface area contributed by atoms with E-state index in [9.17, 15) is 9.90 Å². The molecule has 0 saturated carbocycles. The third kappa shape index (κ3) is 3.65. The number of hydrogen-bond donors (Lipinski definition) is 1. The van der Waals surface area contributed by atoms with Gasteiger partial charge in [-0.05, 0) is 31.9 Å². The van der Waals surface area contributed by atoms with Gasteiger partial charge in [-0.1, -0.05) is 18.2 Å². The van der Waals surface area contributed by atoms with Gasteiger partial charge < -0.3 is 19.8 Å². The van der Waals surface area contributed by atoms with Crippen LogP contribution in [0, 0.1) is 0 Å². The van der Waals surface area contributed by atoms with Gasteiger partial charge in [-0.25, -0.2) is 4.98 Å². The van der Waals surface area contributed by atoms with Crippen LogP contribution < -0.4 is 9.80 Å². The zero-order chi connectivity index (χ0) is 24.1. The lowest BCUT2D eigenvalue weighted by Crippen LogP contribution is -2.51. The summed E-state index contributed by atoms with van der Waals surface area (Å²) in [6.07, 6.45) is 2.97. The molecule has 1 N–H and O–H groups in total. The molecule has 180 valence electrons. The molecule has 0 spiro atoms. The van der Waals surface area contributed by atoms with Crippen molar-refractivity contribution in [2.45, 2.75) is 25.9 Å². The first-order valence-corrected chi connectivity index (χ1v) is 12.1. The number of para-hydroxylation sites is 1. The lowest BCUT2D eigenvalue weighted by atomic mass is 10.1. The Balaban J connectivity index is 1.36. The Labute approximate surface area is 202 Å². The number of fused-ring (bicyclic) bond motifs is 4. The van der Waals surface area contributed by atoms with Crippen LogP contribution in [0.2, 0.25) is 0 Å². The highest BCUT2D eigenvalue weighted by molar-refractivity contribution is 5.92. The summed E-state index contributed by atoms with van der Waals surface area (Å²) in [5, 5.41) is 24.3. The fourth-order valence-corrected chi connectivity index (χ4v) is 5.17. The molecule has 2 aliphatic rings. The molecule has 0 aliphatic carbocycles. The predicted molar refractivity (Wildman–Crippen MR) is 134 cm³/mol. The quantitative estimate of drug-likeness (QED) is 0.481. The molecule has 1 saturated heterocycles. The number of carbonyl (C=O) groups excluding carboxylic acids is 1. The minimum absolute atomic E-state index is 0.220. The number of aryl methyl sites for hydroxylation is 1. The number of aromatic nitrogens is 5. The molecule has 1 aromatic carbocycles. The van der Waals surface area contributed by atoms with E-state index >= 15 is 0 Å². The van der Waals surface area contributed by atoms with Crippen LogP contribution in [0.15, 0.2) is 36.5 Å². The summed E-state index contributed by atoms with van der Waals surface area (Å²) in [6.45, 7) is 5.03. The second kappa shape index (κ2) is 8.46. The van der Waals surface area contributed by atoms with Gasteiger partial charge in [-0.2, -0.15) is 9.61 Å². The highest BCUT2D eigenvalue weighted by Gasteiger charge is 2.25. The number of benzene rings is 1. The number of rotatable bonds is 3. The average Bonchev–Trinajstić information content (AvgIpc) is 3.33. The maximum Gasteiger partial charge on any atom is 0.251 e. The Bertz CT molecular complexity index is 1420. The molecule has 10 nitrogen and oxygen atoms in total. The van der Waals surface area contributed by atoms with Gasteiger partial charge in [0.25, 0.3) is 5.91 Å². The largest absolute Gasteiger partial charge is 0.384 e. The minimum atomic E-state index is -0.971. The molecule has 0 bridgehead atoms. The van der Waals surface area contributed by atoms with Crippen LogP contribution in [-0.4, -0.2) is 86.6 Å². The van der Waals surface area contributed by atoms with Gasteiger partial charge in [0, 0.05) is 50.7 Å². The lowest BCUT2D eigenvalue weighted by molar-refractivity contribution is -0.139. The minimum Gasteiger partial charge on any atom is -0.384 e. The molecular weight excluding hydrogens is 444 g/mol. The average molecular weight is 473 g/mol. The highest BCUT2D eigenvalue weighted by Crippen LogP contribution is 2.31. The maximum absolute atomic E-state index is 12.2. The number of aliphatic hydroxyl groups is 1. The number of amides is 1. The molecule has 1 amide bonds. The van der Waals surface area contributed by atoms with E-state index in [1.807, 2.05) is 18.3 Å². The van der Waals surface area contributed by atoms with E-state index in [1.54, 1.807) is 9.42 Å². The first-order valence-electron chi connectivity index (χ1n) is 12.1. The van der Waals surface area contributed by atoms with Crippen LogP contribution in [0.3, 0.4) is 0 Å². The van der Waals surface area contributed by atoms with Crippen LogP contribution in [0.5, 0.6) is 0 Å². The van der Waals surface area contributed by atoms with Gasteiger partial charge in [-0.3, -0.25) is 4.79 Å². The zero-order valence-electron chi connectivity index (χ0n) is 19.9. The molecule has 2 aliphatic heterocycles. The standard InChI is InChI=1S/C25H28N8O2/c1-16(34)25(35)32-13-11-31(12-14-32)20-7-3-5-17-8-9-19(27-22(17)20)24-29-28-23-18-6-4-10-30(2)21(18)15-26-33(23)24/h3,5,7-9,15-16,34H,4,6,10-14H2,1-2H3/t16-/m0/s1. The number of piperazine rings is 1. The molecule has 4 aromatic rings. The summed E-state index contributed by atoms with van der Waals surface area (Å²) in [6, 6.07) is 10.2. The number of aliphatic hydroxyl groups excluding tert-OH is 1. The van der Waals surface area contributed by atoms with Crippen molar-refractivity contribution in [3.63, 3.8) is 0 Å². The van der Waals surface area contributed by atoms with E-state index in [0.29, 0.717) is 32.0 Å². The van der Waals surface area contributed by atoms with Gasteiger partial charge in [0.05, 0.1) is 23.1 Å². The smallest absolute Gasteiger partial charge is 0.251 e. The zero-order valence-corrected chi connectivity index (χ0v) is 19.9. The van der Waals surface area contributed by atoms with Crippen molar-refractivity contribution in [3.05, 3.63) is 42.1 Å². The van der Waals surface area contributed by atoms with Gasteiger partial charge in [0.2, 0.25) is 5.82 Å². The highest BCUT2D eigenvalue weighted by atomic mass is 16.3. The second-order valence-electron chi connectivity index (χ2n) is 9.33. The normalized spacial score (nSPS) is 17.2. The molecule has 3 aromatic heterocycles. The lowest BCUT2D eigenvalue weighted by Gasteiger charge is -2.36. The fraction of sp³-hybridized carbons (Fsp3) is 0.400. The summed E-state index contributed by atoms with van der Waals surface area (Å²) in [4.78, 5) is 23.4. The van der Waals surface area contributed by atoms with Crippen molar-refractivity contribution in [1.29, 1.82) is 0 Å². The van der Waals surface area contributed by atoms with Crippen LogP contribution in [-0.2, 0) is 11.2 Å². The number of anilines is 2. The summed E-state index contributed by atoms with van der Waals surface area (Å²) in [7, 11) is 2.08. The molecule has 0 radical (unpaired) electrons.